The molecule has 1 atom stereocenters. The third-order valence-corrected chi connectivity index (χ3v) is 6.58. The second-order valence-corrected chi connectivity index (χ2v) is 8.41. The van der Waals surface area contributed by atoms with Gasteiger partial charge in [-0.2, -0.15) is 0 Å². The Morgan fingerprint density at radius 2 is 1.78 bits per heavy atom. The molecule has 27 heavy (non-hydrogen) atoms. The Hall–Kier alpha value is -1.62. The van der Waals surface area contributed by atoms with E-state index in [1.54, 1.807) is 23.1 Å². The van der Waals surface area contributed by atoms with Gasteiger partial charge in [-0.3, -0.25) is 14.5 Å². The van der Waals surface area contributed by atoms with Crippen LogP contribution < -0.4 is 4.90 Å². The molecule has 2 aromatic rings. The fourth-order valence-electron chi connectivity index (χ4n) is 3.94. The number of halogens is 3. The van der Waals surface area contributed by atoms with Crippen LogP contribution in [0.15, 0.2) is 58.2 Å². The van der Waals surface area contributed by atoms with E-state index in [1.165, 1.54) is 0 Å². The molecule has 0 aromatic heterocycles. The highest BCUT2D eigenvalue weighted by Crippen LogP contribution is 2.45. The zero-order valence-corrected chi connectivity index (χ0v) is 17.4. The van der Waals surface area contributed by atoms with Gasteiger partial charge in [-0.25, -0.2) is 0 Å². The standard InChI is InChI=1S/C21H16BrCl2NO2/c22-15-5-2-1-4-13(15)14-11-20(27)25(12-8-9-16(23)17(24)10-12)18-6-3-7-19(26)21(14)18/h1-2,4-5,8-10,14H,3,6-7,11H2. The SMILES string of the molecule is O=C1CCCC2=C1C(c1ccccc1Br)CC(=O)N2c1ccc(Cl)c(Cl)c1. The first-order chi connectivity index (χ1) is 13.0. The molecule has 0 bridgehead atoms. The van der Waals surface area contributed by atoms with Gasteiger partial charge in [-0.05, 0) is 42.7 Å². The number of Topliss-reactive ketones (excluding diaryl/α,β-unsaturated/α-hetero) is 1. The molecule has 1 amide bonds. The molecule has 3 nitrogen and oxygen atoms in total. The van der Waals surface area contributed by atoms with Gasteiger partial charge in [0, 0.05) is 34.5 Å². The van der Waals surface area contributed by atoms with E-state index in [0.717, 1.165) is 27.7 Å². The van der Waals surface area contributed by atoms with Crippen molar-refractivity contribution in [2.24, 2.45) is 0 Å². The van der Waals surface area contributed by atoms with Crippen molar-refractivity contribution >= 4 is 56.5 Å². The van der Waals surface area contributed by atoms with Gasteiger partial charge in [0.25, 0.3) is 0 Å². The highest BCUT2D eigenvalue weighted by Gasteiger charge is 2.40. The van der Waals surface area contributed by atoms with E-state index in [2.05, 4.69) is 15.9 Å². The van der Waals surface area contributed by atoms with E-state index in [0.29, 0.717) is 28.6 Å². The Morgan fingerprint density at radius 1 is 1.00 bits per heavy atom. The number of nitrogens with zero attached hydrogens (tertiary/aromatic N) is 1. The maximum Gasteiger partial charge on any atom is 0.232 e. The average molecular weight is 465 g/mol. The highest BCUT2D eigenvalue weighted by atomic mass is 79.9. The molecule has 0 saturated carbocycles. The van der Waals surface area contributed by atoms with Gasteiger partial charge >= 0.3 is 0 Å². The molecule has 0 fully saturated rings. The van der Waals surface area contributed by atoms with Crippen molar-refractivity contribution in [1.82, 2.24) is 0 Å². The lowest BCUT2D eigenvalue weighted by molar-refractivity contribution is -0.119. The predicted molar refractivity (Wildman–Crippen MR) is 111 cm³/mol. The van der Waals surface area contributed by atoms with Gasteiger partial charge < -0.3 is 0 Å². The van der Waals surface area contributed by atoms with Crippen molar-refractivity contribution in [3.8, 4) is 0 Å². The van der Waals surface area contributed by atoms with Crippen molar-refractivity contribution in [2.45, 2.75) is 31.6 Å². The summed E-state index contributed by atoms with van der Waals surface area (Å²) in [5, 5.41) is 0.823. The molecule has 1 aliphatic heterocycles. The van der Waals surface area contributed by atoms with E-state index in [9.17, 15) is 9.59 Å². The van der Waals surface area contributed by atoms with Crippen LogP contribution in [0.25, 0.3) is 0 Å². The van der Waals surface area contributed by atoms with Crippen LogP contribution in [-0.2, 0) is 9.59 Å². The summed E-state index contributed by atoms with van der Waals surface area (Å²) in [6.07, 6.45) is 2.19. The number of ketones is 1. The molecule has 2 aromatic carbocycles. The minimum Gasteiger partial charge on any atom is -0.294 e. The van der Waals surface area contributed by atoms with Gasteiger partial charge in [0.1, 0.15) is 0 Å². The first kappa shape index (κ1) is 18.7. The zero-order valence-electron chi connectivity index (χ0n) is 14.3. The topological polar surface area (TPSA) is 37.4 Å². The van der Waals surface area contributed by atoms with Gasteiger partial charge in [0.2, 0.25) is 5.91 Å². The summed E-state index contributed by atoms with van der Waals surface area (Å²) in [5.41, 5.74) is 3.17. The lowest BCUT2D eigenvalue weighted by atomic mass is 9.77. The van der Waals surface area contributed by atoms with E-state index in [-0.39, 0.29) is 24.0 Å². The average Bonchev–Trinajstić information content (AvgIpc) is 2.64. The summed E-state index contributed by atoms with van der Waals surface area (Å²) >= 11 is 15.8. The minimum atomic E-state index is -0.227. The summed E-state index contributed by atoms with van der Waals surface area (Å²) in [7, 11) is 0. The van der Waals surface area contributed by atoms with Crippen molar-refractivity contribution in [2.75, 3.05) is 4.90 Å². The van der Waals surface area contributed by atoms with Gasteiger partial charge in [0.15, 0.2) is 5.78 Å². The molecule has 0 spiro atoms. The van der Waals surface area contributed by atoms with Crippen molar-refractivity contribution in [3.05, 3.63) is 73.8 Å². The molecule has 1 aliphatic carbocycles. The van der Waals surface area contributed by atoms with Gasteiger partial charge in [0.05, 0.1) is 15.7 Å². The number of allylic oxidation sites excluding steroid dienone is 2. The van der Waals surface area contributed by atoms with Crippen molar-refractivity contribution < 1.29 is 9.59 Å². The maximum atomic E-state index is 13.1. The molecule has 0 saturated heterocycles. The first-order valence-electron chi connectivity index (χ1n) is 8.76. The number of hydrogen-bond donors (Lipinski definition) is 0. The number of benzene rings is 2. The van der Waals surface area contributed by atoms with Crippen molar-refractivity contribution in [1.29, 1.82) is 0 Å². The molecular weight excluding hydrogens is 449 g/mol. The second-order valence-electron chi connectivity index (χ2n) is 6.74. The molecule has 1 unspecified atom stereocenters. The second kappa shape index (κ2) is 7.42. The summed E-state index contributed by atoms with van der Waals surface area (Å²) in [6.45, 7) is 0. The molecule has 4 rings (SSSR count). The molecule has 0 N–H and O–H groups in total. The lowest BCUT2D eigenvalue weighted by Crippen LogP contribution is -2.40. The Morgan fingerprint density at radius 3 is 2.52 bits per heavy atom. The van der Waals surface area contributed by atoms with Gasteiger partial charge in [-0.1, -0.05) is 57.3 Å². The molecule has 138 valence electrons. The summed E-state index contributed by atoms with van der Waals surface area (Å²) in [6, 6.07) is 12.9. The van der Waals surface area contributed by atoms with E-state index in [4.69, 9.17) is 23.2 Å². The molecular formula is C21H16BrCl2NO2. The number of hydrogen-bond acceptors (Lipinski definition) is 2. The number of rotatable bonds is 2. The minimum absolute atomic E-state index is 0.0393. The number of carbonyl (C=O) groups is 2. The van der Waals surface area contributed by atoms with Crippen LogP contribution in [0.3, 0.4) is 0 Å². The van der Waals surface area contributed by atoms with Crippen LogP contribution in [0.1, 0.15) is 37.2 Å². The molecule has 0 radical (unpaired) electrons. The third kappa shape index (κ3) is 3.35. The van der Waals surface area contributed by atoms with E-state index >= 15 is 0 Å². The Bertz CT molecular complexity index is 986. The fraction of sp³-hybridized carbons (Fsp3) is 0.238. The molecule has 2 aliphatic rings. The molecule has 1 heterocycles. The van der Waals surface area contributed by atoms with Crippen LogP contribution in [-0.4, -0.2) is 11.7 Å². The molecule has 6 heteroatoms. The zero-order chi connectivity index (χ0) is 19.1. The summed E-state index contributed by atoms with van der Waals surface area (Å²) in [4.78, 5) is 27.7. The normalized spacial score (nSPS) is 20.1. The van der Waals surface area contributed by atoms with Crippen LogP contribution in [0.5, 0.6) is 0 Å². The smallest absolute Gasteiger partial charge is 0.232 e. The summed E-state index contributed by atoms with van der Waals surface area (Å²) < 4.78 is 0.913. The van der Waals surface area contributed by atoms with Crippen LogP contribution in [0, 0.1) is 0 Å². The van der Waals surface area contributed by atoms with Gasteiger partial charge in [-0.15, -0.1) is 0 Å². The Balaban J connectivity index is 1.88. The Labute approximate surface area is 176 Å². The lowest BCUT2D eigenvalue weighted by Gasteiger charge is -2.38. The summed E-state index contributed by atoms with van der Waals surface area (Å²) in [5.74, 6) is -0.146. The highest BCUT2D eigenvalue weighted by molar-refractivity contribution is 9.10. The predicted octanol–water partition coefficient (Wildman–Crippen LogP) is 6.28. The Kier molecular flexibility index (Phi) is 5.15. The quantitative estimate of drug-likeness (QED) is 0.524. The maximum absolute atomic E-state index is 13.1. The number of carbonyl (C=O) groups excluding carboxylic acids is 2. The third-order valence-electron chi connectivity index (χ3n) is 5.12. The van der Waals surface area contributed by atoms with E-state index < -0.39 is 0 Å². The van der Waals surface area contributed by atoms with Crippen molar-refractivity contribution in [3.63, 3.8) is 0 Å². The first-order valence-corrected chi connectivity index (χ1v) is 10.3. The van der Waals surface area contributed by atoms with Crippen LogP contribution in [0.2, 0.25) is 10.0 Å². The number of amides is 1. The van der Waals surface area contributed by atoms with E-state index in [1.807, 2.05) is 24.3 Å². The fourth-order valence-corrected chi connectivity index (χ4v) is 4.79. The van der Waals surface area contributed by atoms with Crippen LogP contribution >= 0.6 is 39.1 Å². The largest absolute Gasteiger partial charge is 0.294 e. The number of anilines is 1. The van der Waals surface area contributed by atoms with Crippen LogP contribution in [0.4, 0.5) is 5.69 Å². The monoisotopic (exact) mass is 463 g/mol.